The first-order chi connectivity index (χ1) is 9.69. The molecule has 4 heteroatoms. The summed E-state index contributed by atoms with van der Waals surface area (Å²) in [6.07, 6.45) is 1.99. The second kappa shape index (κ2) is 5.62. The van der Waals surface area contributed by atoms with Crippen molar-refractivity contribution in [2.45, 2.75) is 31.9 Å². The number of ether oxygens (including phenoxy) is 2. The van der Waals surface area contributed by atoms with Gasteiger partial charge in [-0.3, -0.25) is 4.90 Å². The Morgan fingerprint density at radius 3 is 3.00 bits per heavy atom. The molecule has 3 atom stereocenters. The summed E-state index contributed by atoms with van der Waals surface area (Å²) in [5, 5.41) is 10.7. The third-order valence-electron chi connectivity index (χ3n) is 4.47. The fourth-order valence-corrected chi connectivity index (χ4v) is 3.32. The van der Waals surface area contributed by atoms with Crippen molar-refractivity contribution in [3.05, 3.63) is 23.8 Å². The number of nitrogens with zero attached hydrogens (tertiary/aromatic N) is 1. The molecular weight excluding hydrogens is 254 g/mol. The van der Waals surface area contributed by atoms with E-state index in [-0.39, 0.29) is 6.04 Å². The minimum absolute atomic E-state index is 0.0531. The minimum atomic E-state index is -0.501. The molecule has 2 aliphatic heterocycles. The number of hydrogen-bond donors (Lipinski definition) is 1. The average Bonchev–Trinajstić information content (AvgIpc) is 2.47. The Bertz CT molecular complexity index is 477. The Hall–Kier alpha value is -1.26. The molecule has 0 aromatic heterocycles. The van der Waals surface area contributed by atoms with Crippen molar-refractivity contribution >= 4 is 0 Å². The van der Waals surface area contributed by atoms with Crippen LogP contribution in [0.3, 0.4) is 0 Å². The maximum absolute atomic E-state index is 10.7. The lowest BCUT2D eigenvalue weighted by atomic mass is 9.93. The van der Waals surface area contributed by atoms with Crippen molar-refractivity contribution in [2.75, 3.05) is 26.8 Å². The molecule has 110 valence electrons. The second-order valence-corrected chi connectivity index (χ2v) is 5.97. The molecule has 3 unspecified atom stereocenters. The number of piperidine rings is 1. The fraction of sp³-hybridized carbons (Fsp3) is 0.625. The second-order valence-electron chi connectivity index (χ2n) is 5.97. The SMILES string of the molecule is COc1ccc2c(c1)C(O)C(N1CCCC(C)C1)CO2. The van der Waals surface area contributed by atoms with Crippen molar-refractivity contribution in [1.29, 1.82) is 0 Å². The number of aliphatic hydroxyl groups is 1. The summed E-state index contributed by atoms with van der Waals surface area (Å²) < 4.78 is 11.1. The zero-order valence-corrected chi connectivity index (χ0v) is 12.2. The Kier molecular flexibility index (Phi) is 3.85. The quantitative estimate of drug-likeness (QED) is 0.900. The van der Waals surface area contributed by atoms with E-state index >= 15 is 0 Å². The third kappa shape index (κ3) is 2.50. The maximum Gasteiger partial charge on any atom is 0.125 e. The van der Waals surface area contributed by atoms with E-state index in [1.165, 1.54) is 12.8 Å². The van der Waals surface area contributed by atoms with E-state index in [9.17, 15) is 5.11 Å². The van der Waals surface area contributed by atoms with Crippen molar-refractivity contribution in [3.8, 4) is 11.5 Å². The van der Waals surface area contributed by atoms with E-state index in [4.69, 9.17) is 9.47 Å². The van der Waals surface area contributed by atoms with Crippen molar-refractivity contribution in [2.24, 2.45) is 5.92 Å². The summed E-state index contributed by atoms with van der Waals surface area (Å²) in [4.78, 5) is 2.38. The zero-order valence-electron chi connectivity index (χ0n) is 12.2. The standard InChI is InChI=1S/C16H23NO3/c1-11-4-3-7-17(9-11)14-10-20-15-6-5-12(19-2)8-13(15)16(14)18/h5-6,8,11,14,16,18H,3-4,7,9-10H2,1-2H3. The van der Waals surface area contributed by atoms with Crippen molar-refractivity contribution in [1.82, 2.24) is 4.90 Å². The number of likely N-dealkylation sites (tertiary alicyclic amines) is 1. The molecule has 4 nitrogen and oxygen atoms in total. The lowest BCUT2D eigenvalue weighted by molar-refractivity contribution is -0.0128. The Labute approximate surface area is 120 Å². The van der Waals surface area contributed by atoms with E-state index in [0.717, 1.165) is 30.2 Å². The van der Waals surface area contributed by atoms with Gasteiger partial charge in [-0.1, -0.05) is 6.92 Å². The van der Waals surface area contributed by atoms with Crippen LogP contribution in [0.25, 0.3) is 0 Å². The summed E-state index contributed by atoms with van der Waals surface area (Å²) in [7, 11) is 1.64. The number of aliphatic hydroxyl groups excluding tert-OH is 1. The summed E-state index contributed by atoms with van der Waals surface area (Å²) in [6.45, 7) is 4.94. The average molecular weight is 277 g/mol. The monoisotopic (exact) mass is 277 g/mol. The number of hydrogen-bond acceptors (Lipinski definition) is 4. The van der Waals surface area contributed by atoms with Gasteiger partial charge in [0, 0.05) is 12.1 Å². The van der Waals surface area contributed by atoms with E-state index in [1.54, 1.807) is 7.11 Å². The highest BCUT2D eigenvalue weighted by Gasteiger charge is 2.35. The predicted molar refractivity (Wildman–Crippen MR) is 77.2 cm³/mol. The summed E-state index contributed by atoms with van der Waals surface area (Å²) in [5.41, 5.74) is 0.846. The smallest absolute Gasteiger partial charge is 0.125 e. The van der Waals surface area contributed by atoms with Crippen LogP contribution >= 0.6 is 0 Å². The Balaban J connectivity index is 1.82. The summed E-state index contributed by atoms with van der Waals surface area (Å²) in [6, 6.07) is 5.69. The Morgan fingerprint density at radius 2 is 2.25 bits per heavy atom. The third-order valence-corrected chi connectivity index (χ3v) is 4.47. The van der Waals surface area contributed by atoms with Crippen LogP contribution in [0.1, 0.15) is 31.4 Å². The molecule has 1 fully saturated rings. The van der Waals surface area contributed by atoms with Crippen LogP contribution in [0.4, 0.5) is 0 Å². The largest absolute Gasteiger partial charge is 0.497 e. The van der Waals surface area contributed by atoms with Crippen LogP contribution in [0.5, 0.6) is 11.5 Å². The fourth-order valence-electron chi connectivity index (χ4n) is 3.32. The van der Waals surface area contributed by atoms with Gasteiger partial charge in [-0.25, -0.2) is 0 Å². The lowest BCUT2D eigenvalue weighted by Crippen LogP contribution is -2.49. The molecule has 0 radical (unpaired) electrons. The molecule has 0 spiro atoms. The van der Waals surface area contributed by atoms with Gasteiger partial charge in [0.1, 0.15) is 24.2 Å². The Morgan fingerprint density at radius 1 is 1.40 bits per heavy atom. The molecule has 3 rings (SSSR count). The van der Waals surface area contributed by atoms with Crippen LogP contribution < -0.4 is 9.47 Å². The van der Waals surface area contributed by atoms with Crippen LogP contribution in [-0.4, -0.2) is 42.9 Å². The van der Waals surface area contributed by atoms with E-state index < -0.39 is 6.10 Å². The molecule has 0 saturated carbocycles. The van der Waals surface area contributed by atoms with Crippen LogP contribution in [-0.2, 0) is 0 Å². The highest BCUT2D eigenvalue weighted by Crippen LogP contribution is 2.37. The first-order valence-electron chi connectivity index (χ1n) is 7.42. The molecule has 2 heterocycles. The minimum Gasteiger partial charge on any atom is -0.497 e. The molecular formula is C16H23NO3. The first-order valence-corrected chi connectivity index (χ1v) is 7.42. The molecule has 1 aromatic rings. The topological polar surface area (TPSA) is 41.9 Å². The lowest BCUT2D eigenvalue weighted by Gasteiger charge is -2.41. The van der Waals surface area contributed by atoms with Crippen LogP contribution in [0, 0.1) is 5.92 Å². The summed E-state index contributed by atoms with van der Waals surface area (Å²) in [5.74, 6) is 2.24. The van der Waals surface area contributed by atoms with Crippen LogP contribution in [0.15, 0.2) is 18.2 Å². The van der Waals surface area contributed by atoms with Gasteiger partial charge in [0.2, 0.25) is 0 Å². The molecule has 0 amide bonds. The molecule has 1 N–H and O–H groups in total. The van der Waals surface area contributed by atoms with E-state index in [2.05, 4.69) is 11.8 Å². The molecule has 0 bridgehead atoms. The van der Waals surface area contributed by atoms with Gasteiger partial charge < -0.3 is 14.6 Å². The summed E-state index contributed by atoms with van der Waals surface area (Å²) >= 11 is 0. The van der Waals surface area contributed by atoms with Gasteiger partial charge >= 0.3 is 0 Å². The van der Waals surface area contributed by atoms with Gasteiger partial charge in [0.15, 0.2) is 0 Å². The van der Waals surface area contributed by atoms with Crippen LogP contribution in [0.2, 0.25) is 0 Å². The molecule has 20 heavy (non-hydrogen) atoms. The van der Waals surface area contributed by atoms with Gasteiger partial charge in [-0.2, -0.15) is 0 Å². The maximum atomic E-state index is 10.7. The number of benzene rings is 1. The van der Waals surface area contributed by atoms with Gasteiger partial charge in [0.25, 0.3) is 0 Å². The van der Waals surface area contributed by atoms with Gasteiger partial charge in [0.05, 0.1) is 13.2 Å². The van der Waals surface area contributed by atoms with E-state index in [0.29, 0.717) is 12.5 Å². The highest BCUT2D eigenvalue weighted by atomic mass is 16.5. The number of rotatable bonds is 2. The predicted octanol–water partition coefficient (Wildman–Crippen LogP) is 2.22. The molecule has 1 saturated heterocycles. The first kappa shape index (κ1) is 13.7. The molecule has 0 aliphatic carbocycles. The van der Waals surface area contributed by atoms with Crippen molar-refractivity contribution < 1.29 is 14.6 Å². The zero-order chi connectivity index (χ0) is 14.1. The van der Waals surface area contributed by atoms with Gasteiger partial charge in [-0.05, 0) is 43.5 Å². The number of methoxy groups -OCH3 is 1. The number of fused-ring (bicyclic) bond motifs is 1. The van der Waals surface area contributed by atoms with Gasteiger partial charge in [-0.15, -0.1) is 0 Å². The van der Waals surface area contributed by atoms with E-state index in [1.807, 2.05) is 18.2 Å². The molecule has 2 aliphatic rings. The molecule has 1 aromatic carbocycles. The highest BCUT2D eigenvalue weighted by molar-refractivity contribution is 5.43. The van der Waals surface area contributed by atoms with Crippen molar-refractivity contribution in [3.63, 3.8) is 0 Å². The normalized spacial score (nSPS) is 30.4.